The SMILES string of the molecule is COc1cc(CN(C)C(=O)C(N)CC(N)=O)ccc1O. The number of nitrogens with zero attached hydrogens (tertiary/aromatic N) is 1. The Kier molecular flexibility index (Phi) is 5.33. The molecule has 0 aliphatic heterocycles. The van der Waals surface area contributed by atoms with Crippen molar-refractivity contribution in [2.24, 2.45) is 11.5 Å². The van der Waals surface area contributed by atoms with Gasteiger partial charge in [-0.1, -0.05) is 6.07 Å². The smallest absolute Gasteiger partial charge is 0.240 e. The first-order valence-electron chi connectivity index (χ1n) is 6.00. The Morgan fingerprint density at radius 3 is 2.65 bits per heavy atom. The molecule has 0 saturated carbocycles. The Bertz CT molecular complexity index is 504. The van der Waals surface area contributed by atoms with Gasteiger partial charge >= 0.3 is 0 Å². The maximum absolute atomic E-state index is 11.9. The van der Waals surface area contributed by atoms with Crippen LogP contribution in [0.2, 0.25) is 0 Å². The molecule has 0 aliphatic carbocycles. The van der Waals surface area contributed by atoms with Crippen LogP contribution in [0.4, 0.5) is 0 Å². The van der Waals surface area contributed by atoms with E-state index in [1.54, 1.807) is 19.2 Å². The molecule has 7 heteroatoms. The molecular formula is C13H19N3O4. The monoisotopic (exact) mass is 281 g/mol. The Morgan fingerprint density at radius 1 is 1.45 bits per heavy atom. The summed E-state index contributed by atoms with van der Waals surface area (Å²) >= 11 is 0. The number of hydrogen-bond acceptors (Lipinski definition) is 5. The van der Waals surface area contributed by atoms with Crippen molar-refractivity contribution in [2.75, 3.05) is 14.2 Å². The lowest BCUT2D eigenvalue weighted by molar-refractivity contribution is -0.133. The van der Waals surface area contributed by atoms with Crippen molar-refractivity contribution in [2.45, 2.75) is 19.0 Å². The first-order valence-corrected chi connectivity index (χ1v) is 6.00. The van der Waals surface area contributed by atoms with E-state index in [0.29, 0.717) is 5.75 Å². The number of primary amides is 1. The van der Waals surface area contributed by atoms with Crippen LogP contribution >= 0.6 is 0 Å². The first kappa shape index (κ1) is 15.8. The third-order valence-electron chi connectivity index (χ3n) is 2.78. The van der Waals surface area contributed by atoms with Crippen LogP contribution in [0.5, 0.6) is 11.5 Å². The summed E-state index contributed by atoms with van der Waals surface area (Å²) in [4.78, 5) is 24.0. The van der Waals surface area contributed by atoms with Crippen LogP contribution in [0.25, 0.3) is 0 Å². The summed E-state index contributed by atoms with van der Waals surface area (Å²) in [5.74, 6) is -0.651. The Hall–Kier alpha value is -2.28. The molecule has 0 saturated heterocycles. The predicted octanol–water partition coefficient (Wildman–Crippen LogP) is -0.438. The summed E-state index contributed by atoms with van der Waals surface area (Å²) in [5, 5.41) is 9.49. The number of phenolic OH excluding ortho intramolecular Hbond substituents is 1. The van der Waals surface area contributed by atoms with E-state index in [9.17, 15) is 14.7 Å². The van der Waals surface area contributed by atoms with Crippen molar-refractivity contribution in [3.8, 4) is 11.5 Å². The largest absolute Gasteiger partial charge is 0.504 e. The summed E-state index contributed by atoms with van der Waals surface area (Å²) in [6, 6.07) is 3.83. The predicted molar refractivity (Wildman–Crippen MR) is 72.9 cm³/mol. The van der Waals surface area contributed by atoms with Crippen LogP contribution in [0.15, 0.2) is 18.2 Å². The second-order valence-corrected chi connectivity index (χ2v) is 4.48. The van der Waals surface area contributed by atoms with E-state index >= 15 is 0 Å². The summed E-state index contributed by atoms with van der Waals surface area (Å²) in [6.07, 6.45) is -0.192. The standard InChI is InChI=1S/C13H19N3O4/c1-16(13(19)9(14)6-12(15)18)7-8-3-4-10(17)11(5-8)20-2/h3-5,9,17H,6-7,14H2,1-2H3,(H2,15,18). The summed E-state index contributed by atoms with van der Waals surface area (Å²) in [6.45, 7) is 0.280. The molecule has 2 amide bonds. The van der Waals surface area contributed by atoms with Crippen LogP contribution in [0, 0.1) is 0 Å². The molecule has 0 aromatic heterocycles. The van der Waals surface area contributed by atoms with Gasteiger partial charge in [-0.25, -0.2) is 0 Å². The highest BCUT2D eigenvalue weighted by Crippen LogP contribution is 2.26. The Balaban J connectivity index is 2.72. The van der Waals surface area contributed by atoms with Crippen molar-refractivity contribution < 1.29 is 19.4 Å². The zero-order valence-corrected chi connectivity index (χ0v) is 11.5. The van der Waals surface area contributed by atoms with Gasteiger partial charge in [-0.15, -0.1) is 0 Å². The van der Waals surface area contributed by atoms with Gasteiger partial charge in [-0.3, -0.25) is 9.59 Å². The van der Waals surface area contributed by atoms with Gasteiger partial charge in [0.15, 0.2) is 11.5 Å². The molecule has 7 nitrogen and oxygen atoms in total. The molecule has 1 aromatic rings. The van der Waals surface area contributed by atoms with E-state index in [0.717, 1.165) is 5.56 Å². The normalized spacial score (nSPS) is 11.8. The molecule has 0 radical (unpaired) electrons. The minimum atomic E-state index is -0.948. The lowest BCUT2D eigenvalue weighted by Crippen LogP contribution is -2.43. The Morgan fingerprint density at radius 2 is 2.10 bits per heavy atom. The second kappa shape index (κ2) is 6.76. The van der Waals surface area contributed by atoms with Crippen LogP contribution in [-0.4, -0.2) is 42.0 Å². The van der Waals surface area contributed by atoms with Crippen LogP contribution in [0.1, 0.15) is 12.0 Å². The zero-order valence-electron chi connectivity index (χ0n) is 11.5. The number of rotatable bonds is 6. The number of benzene rings is 1. The lowest BCUT2D eigenvalue weighted by atomic mass is 10.1. The van der Waals surface area contributed by atoms with E-state index in [2.05, 4.69) is 0 Å². The van der Waals surface area contributed by atoms with Gasteiger partial charge in [-0.05, 0) is 17.7 Å². The second-order valence-electron chi connectivity index (χ2n) is 4.48. The molecular weight excluding hydrogens is 262 g/mol. The molecule has 110 valence electrons. The fourth-order valence-electron chi connectivity index (χ4n) is 1.76. The third-order valence-corrected chi connectivity index (χ3v) is 2.78. The molecule has 20 heavy (non-hydrogen) atoms. The fourth-order valence-corrected chi connectivity index (χ4v) is 1.76. The van der Waals surface area contributed by atoms with Gasteiger partial charge in [-0.2, -0.15) is 0 Å². The number of ether oxygens (including phenoxy) is 1. The number of nitrogens with two attached hydrogens (primary N) is 2. The third kappa shape index (κ3) is 4.13. The molecule has 0 heterocycles. The van der Waals surface area contributed by atoms with Crippen molar-refractivity contribution in [1.29, 1.82) is 0 Å². The highest BCUT2D eigenvalue weighted by molar-refractivity contribution is 5.87. The minimum absolute atomic E-state index is 0.0238. The van der Waals surface area contributed by atoms with Crippen molar-refractivity contribution >= 4 is 11.8 Å². The van der Waals surface area contributed by atoms with Gasteiger partial charge in [0.25, 0.3) is 0 Å². The van der Waals surface area contributed by atoms with Gasteiger partial charge in [0, 0.05) is 13.6 Å². The number of amides is 2. The lowest BCUT2D eigenvalue weighted by Gasteiger charge is -2.21. The van der Waals surface area contributed by atoms with E-state index in [1.807, 2.05) is 0 Å². The molecule has 1 atom stereocenters. The van der Waals surface area contributed by atoms with Crippen LogP contribution < -0.4 is 16.2 Å². The van der Waals surface area contributed by atoms with E-state index < -0.39 is 11.9 Å². The van der Waals surface area contributed by atoms with Gasteiger partial charge < -0.3 is 26.2 Å². The molecule has 1 aromatic carbocycles. The number of carbonyl (C=O) groups is 2. The van der Waals surface area contributed by atoms with E-state index in [1.165, 1.54) is 18.1 Å². The number of methoxy groups -OCH3 is 1. The number of phenols is 1. The minimum Gasteiger partial charge on any atom is -0.504 e. The van der Waals surface area contributed by atoms with Gasteiger partial charge in [0.1, 0.15) is 0 Å². The molecule has 0 aliphatic rings. The van der Waals surface area contributed by atoms with Gasteiger partial charge in [0.2, 0.25) is 11.8 Å². The van der Waals surface area contributed by atoms with E-state index in [4.69, 9.17) is 16.2 Å². The number of hydrogen-bond donors (Lipinski definition) is 3. The quantitative estimate of drug-likeness (QED) is 0.653. The van der Waals surface area contributed by atoms with Gasteiger partial charge in [0.05, 0.1) is 19.6 Å². The van der Waals surface area contributed by atoms with Crippen molar-refractivity contribution in [3.05, 3.63) is 23.8 Å². The average molecular weight is 281 g/mol. The molecule has 5 N–H and O–H groups in total. The summed E-state index contributed by atoms with van der Waals surface area (Å²) in [7, 11) is 3.01. The maximum Gasteiger partial charge on any atom is 0.240 e. The van der Waals surface area contributed by atoms with E-state index in [-0.39, 0.29) is 24.6 Å². The molecule has 0 spiro atoms. The highest BCUT2D eigenvalue weighted by atomic mass is 16.5. The topological polar surface area (TPSA) is 119 Å². The zero-order chi connectivity index (χ0) is 15.3. The maximum atomic E-state index is 11.9. The van der Waals surface area contributed by atoms with Crippen LogP contribution in [0.3, 0.4) is 0 Å². The number of carbonyl (C=O) groups excluding carboxylic acids is 2. The van der Waals surface area contributed by atoms with Crippen molar-refractivity contribution in [3.63, 3.8) is 0 Å². The molecule has 1 unspecified atom stereocenters. The molecule has 1 rings (SSSR count). The molecule has 0 bridgehead atoms. The molecule has 0 fully saturated rings. The van der Waals surface area contributed by atoms with Crippen molar-refractivity contribution in [1.82, 2.24) is 4.90 Å². The average Bonchev–Trinajstić information content (AvgIpc) is 2.39. The fraction of sp³-hybridized carbons (Fsp3) is 0.385. The Labute approximate surface area is 117 Å². The summed E-state index contributed by atoms with van der Waals surface area (Å²) in [5.41, 5.74) is 11.4. The highest BCUT2D eigenvalue weighted by Gasteiger charge is 2.20. The summed E-state index contributed by atoms with van der Waals surface area (Å²) < 4.78 is 4.99. The first-order chi connectivity index (χ1) is 9.35. The number of likely N-dealkylation sites (N-methyl/N-ethyl adjacent to an activating group) is 1. The van der Waals surface area contributed by atoms with Crippen LogP contribution in [-0.2, 0) is 16.1 Å². The number of aromatic hydroxyl groups is 1.